The molecule has 4 aromatic rings. The van der Waals surface area contributed by atoms with Crippen molar-refractivity contribution in [3.8, 4) is 0 Å². The summed E-state index contributed by atoms with van der Waals surface area (Å²) in [5, 5.41) is 11.8. The van der Waals surface area contributed by atoms with E-state index in [0.717, 1.165) is 24.1 Å². The monoisotopic (exact) mass is 388 g/mol. The van der Waals surface area contributed by atoms with Gasteiger partial charge in [-0.2, -0.15) is 0 Å². The topological polar surface area (TPSA) is 98.7 Å². The van der Waals surface area contributed by atoms with Crippen LogP contribution in [0.25, 0.3) is 11.1 Å². The quantitative estimate of drug-likeness (QED) is 0.561. The number of nitrogens with zero attached hydrogens (tertiary/aromatic N) is 5. The van der Waals surface area contributed by atoms with E-state index in [4.69, 9.17) is 4.52 Å². The van der Waals surface area contributed by atoms with E-state index in [1.165, 1.54) is 5.56 Å². The lowest BCUT2D eigenvalue weighted by molar-refractivity contribution is 0.102. The summed E-state index contributed by atoms with van der Waals surface area (Å²) in [5.41, 5.74) is 4.71. The number of fused-ring (bicyclic) bond motifs is 1. The van der Waals surface area contributed by atoms with Gasteiger partial charge in [-0.25, -0.2) is 14.6 Å². The van der Waals surface area contributed by atoms with E-state index in [1.807, 2.05) is 18.2 Å². The maximum absolute atomic E-state index is 13.0. The summed E-state index contributed by atoms with van der Waals surface area (Å²) in [4.78, 5) is 21.7. The third-order valence-electron chi connectivity index (χ3n) is 5.07. The van der Waals surface area contributed by atoms with E-state index in [2.05, 4.69) is 44.6 Å². The van der Waals surface area contributed by atoms with Crippen LogP contribution in [0.5, 0.6) is 0 Å². The summed E-state index contributed by atoms with van der Waals surface area (Å²) < 4.78 is 7.01. The van der Waals surface area contributed by atoms with Crippen molar-refractivity contribution in [3.05, 3.63) is 64.7 Å². The van der Waals surface area contributed by atoms with E-state index in [9.17, 15) is 4.79 Å². The Labute approximate surface area is 166 Å². The number of carbonyl (C=O) groups excluding carboxylic acids is 1. The molecule has 0 atom stereocenters. The van der Waals surface area contributed by atoms with Crippen molar-refractivity contribution in [2.24, 2.45) is 0 Å². The highest BCUT2D eigenvalue weighted by atomic mass is 16.5. The van der Waals surface area contributed by atoms with Crippen molar-refractivity contribution in [2.45, 2.75) is 39.2 Å². The van der Waals surface area contributed by atoms with E-state index < -0.39 is 0 Å². The van der Waals surface area contributed by atoms with Crippen molar-refractivity contribution < 1.29 is 9.32 Å². The molecule has 5 rings (SSSR count). The van der Waals surface area contributed by atoms with Gasteiger partial charge in [-0.3, -0.25) is 10.1 Å². The number of hydrogen-bond acceptors (Lipinski definition) is 6. The van der Waals surface area contributed by atoms with Gasteiger partial charge in [0.25, 0.3) is 11.6 Å². The molecular weight excluding hydrogens is 368 g/mol. The fraction of sp³-hybridized carbons (Fsp3) is 0.286. The van der Waals surface area contributed by atoms with Gasteiger partial charge in [0.1, 0.15) is 6.33 Å². The first-order chi connectivity index (χ1) is 14.1. The Balaban J connectivity index is 1.39. The summed E-state index contributed by atoms with van der Waals surface area (Å²) >= 11 is 0. The van der Waals surface area contributed by atoms with Gasteiger partial charge in [0.05, 0.1) is 23.2 Å². The summed E-state index contributed by atoms with van der Waals surface area (Å²) in [7, 11) is 0. The van der Waals surface area contributed by atoms with Crippen molar-refractivity contribution in [2.75, 3.05) is 5.32 Å². The predicted molar refractivity (Wildman–Crippen MR) is 107 cm³/mol. The average Bonchev–Trinajstić information content (AvgIpc) is 3.37. The molecule has 1 aromatic carbocycles. The first-order valence-corrected chi connectivity index (χ1v) is 9.60. The molecule has 1 aliphatic rings. The van der Waals surface area contributed by atoms with Gasteiger partial charge < -0.3 is 4.52 Å². The maximum Gasteiger partial charge on any atom is 0.259 e. The molecule has 1 amide bonds. The van der Waals surface area contributed by atoms with Gasteiger partial charge in [0, 0.05) is 11.6 Å². The molecule has 1 fully saturated rings. The van der Waals surface area contributed by atoms with E-state index in [1.54, 1.807) is 17.9 Å². The number of hydrogen-bond donors (Lipinski definition) is 1. The average molecular weight is 388 g/mol. The summed E-state index contributed by atoms with van der Waals surface area (Å²) in [6.07, 6.45) is 3.77. The van der Waals surface area contributed by atoms with E-state index >= 15 is 0 Å². The van der Waals surface area contributed by atoms with Crippen LogP contribution in [-0.2, 0) is 6.54 Å². The van der Waals surface area contributed by atoms with Gasteiger partial charge in [-0.15, -0.1) is 5.10 Å². The highest BCUT2D eigenvalue weighted by Crippen LogP contribution is 2.40. The number of nitrogens with one attached hydrogen (secondary N) is 1. The second-order valence-corrected chi connectivity index (χ2v) is 7.53. The smallest absolute Gasteiger partial charge is 0.259 e. The molecule has 0 aliphatic heterocycles. The first kappa shape index (κ1) is 17.5. The molecule has 3 heterocycles. The predicted octanol–water partition coefficient (Wildman–Crippen LogP) is 3.61. The van der Waals surface area contributed by atoms with Crippen molar-refractivity contribution >= 4 is 23.0 Å². The summed E-state index contributed by atoms with van der Waals surface area (Å²) in [5.74, 6) is 0.358. The van der Waals surface area contributed by atoms with Crippen molar-refractivity contribution in [1.82, 2.24) is 24.9 Å². The standard InChI is InChI=1S/C21H20N6O2/c1-12-4-3-5-14(8-12)10-27-11-22-21(25-27)24-19(28)16-9-17(15-6-7-15)23-20-18(16)13(2)26-29-20/h3-5,8-9,11,15H,6-7,10H2,1-2H3,(H,24,25,28). The minimum atomic E-state index is -0.293. The number of pyridine rings is 1. The Kier molecular flexibility index (Phi) is 4.12. The van der Waals surface area contributed by atoms with Crippen LogP contribution in [0.2, 0.25) is 0 Å². The van der Waals surface area contributed by atoms with Crippen LogP contribution >= 0.6 is 0 Å². The molecule has 29 heavy (non-hydrogen) atoms. The van der Waals surface area contributed by atoms with Gasteiger partial charge in [0.2, 0.25) is 5.95 Å². The second kappa shape index (κ2) is 6.80. The first-order valence-electron chi connectivity index (χ1n) is 9.60. The largest absolute Gasteiger partial charge is 0.336 e. The zero-order valence-corrected chi connectivity index (χ0v) is 16.2. The number of carbonyl (C=O) groups is 1. The third-order valence-corrected chi connectivity index (χ3v) is 5.07. The fourth-order valence-electron chi connectivity index (χ4n) is 3.48. The Morgan fingerprint density at radius 2 is 2.14 bits per heavy atom. The Morgan fingerprint density at radius 3 is 2.93 bits per heavy atom. The van der Waals surface area contributed by atoms with E-state index in [0.29, 0.717) is 34.8 Å². The zero-order valence-electron chi connectivity index (χ0n) is 16.2. The van der Waals surface area contributed by atoms with Crippen LogP contribution in [0, 0.1) is 13.8 Å². The molecular formula is C21H20N6O2. The molecule has 3 aromatic heterocycles. The van der Waals surface area contributed by atoms with Crippen LogP contribution < -0.4 is 5.32 Å². The lowest BCUT2D eigenvalue weighted by Crippen LogP contribution is -2.15. The van der Waals surface area contributed by atoms with Crippen LogP contribution in [0.3, 0.4) is 0 Å². The Morgan fingerprint density at radius 1 is 1.28 bits per heavy atom. The molecule has 146 valence electrons. The number of amides is 1. The second-order valence-electron chi connectivity index (χ2n) is 7.53. The highest BCUT2D eigenvalue weighted by molar-refractivity contribution is 6.11. The van der Waals surface area contributed by atoms with E-state index in [-0.39, 0.29) is 11.9 Å². The van der Waals surface area contributed by atoms with Crippen LogP contribution in [0.4, 0.5) is 5.95 Å². The zero-order chi connectivity index (χ0) is 20.0. The van der Waals surface area contributed by atoms with Crippen LogP contribution in [-0.4, -0.2) is 30.8 Å². The molecule has 1 saturated carbocycles. The van der Waals surface area contributed by atoms with Crippen LogP contribution in [0.15, 0.2) is 41.2 Å². The van der Waals surface area contributed by atoms with Gasteiger partial charge in [0.15, 0.2) is 0 Å². The molecule has 8 nitrogen and oxygen atoms in total. The molecule has 0 saturated heterocycles. The van der Waals surface area contributed by atoms with Crippen molar-refractivity contribution in [3.63, 3.8) is 0 Å². The van der Waals surface area contributed by atoms with Gasteiger partial charge in [-0.05, 0) is 38.3 Å². The molecule has 8 heteroatoms. The fourth-order valence-corrected chi connectivity index (χ4v) is 3.48. The number of rotatable bonds is 5. The summed E-state index contributed by atoms with van der Waals surface area (Å²) in [6.45, 7) is 4.44. The molecule has 1 aliphatic carbocycles. The van der Waals surface area contributed by atoms with Gasteiger partial charge >= 0.3 is 0 Å². The summed E-state index contributed by atoms with van der Waals surface area (Å²) in [6, 6.07) is 10.0. The van der Waals surface area contributed by atoms with Gasteiger partial charge in [-0.1, -0.05) is 35.0 Å². The lowest BCUT2D eigenvalue weighted by atomic mass is 10.1. The molecule has 0 radical (unpaired) electrons. The number of aromatic nitrogens is 5. The Bertz CT molecular complexity index is 1220. The molecule has 0 unspecified atom stereocenters. The minimum Gasteiger partial charge on any atom is -0.336 e. The molecule has 0 bridgehead atoms. The number of aryl methyl sites for hydroxylation is 2. The lowest BCUT2D eigenvalue weighted by Gasteiger charge is -2.05. The maximum atomic E-state index is 13.0. The molecule has 0 spiro atoms. The minimum absolute atomic E-state index is 0.259. The number of benzene rings is 1. The third kappa shape index (κ3) is 3.49. The van der Waals surface area contributed by atoms with Crippen LogP contribution in [0.1, 0.15) is 51.6 Å². The Hall–Kier alpha value is -3.55. The SMILES string of the molecule is Cc1cccc(Cn2cnc(NC(=O)c3cc(C4CC4)nc4onc(C)c34)n2)c1. The molecule has 1 N–H and O–H groups in total. The highest BCUT2D eigenvalue weighted by Gasteiger charge is 2.28. The number of anilines is 1. The normalized spacial score (nSPS) is 13.7. The van der Waals surface area contributed by atoms with Crippen molar-refractivity contribution in [1.29, 1.82) is 0 Å².